The van der Waals surface area contributed by atoms with Crippen LogP contribution in [0.2, 0.25) is 0 Å². The fraction of sp³-hybridized carbons (Fsp3) is 0.333. The topological polar surface area (TPSA) is 43.4 Å². The van der Waals surface area contributed by atoms with Crippen LogP contribution in [0.15, 0.2) is 36.4 Å². The highest BCUT2D eigenvalue weighted by Crippen LogP contribution is 2.23. The molecule has 0 saturated carbocycles. The number of hydrogen-bond acceptors (Lipinski definition) is 3. The molecule has 0 aliphatic carbocycles. The zero-order chi connectivity index (χ0) is 15.2. The van der Waals surface area contributed by atoms with E-state index in [-0.39, 0.29) is 11.8 Å². The summed E-state index contributed by atoms with van der Waals surface area (Å²) in [5, 5.41) is 2.09. The van der Waals surface area contributed by atoms with Crippen molar-refractivity contribution in [2.24, 2.45) is 0 Å². The van der Waals surface area contributed by atoms with E-state index >= 15 is 0 Å². The molecule has 21 heavy (non-hydrogen) atoms. The van der Waals surface area contributed by atoms with Gasteiger partial charge in [-0.3, -0.25) is 9.59 Å². The average Bonchev–Trinajstić information content (AvgIpc) is 2.48. The van der Waals surface area contributed by atoms with Crippen molar-refractivity contribution in [3.05, 3.63) is 47.5 Å². The molecule has 0 bridgehead atoms. The van der Waals surface area contributed by atoms with Crippen molar-refractivity contribution in [2.75, 3.05) is 6.61 Å². The molecular formula is C18H20O3. The van der Waals surface area contributed by atoms with E-state index < -0.39 is 0 Å². The van der Waals surface area contributed by atoms with Crippen LogP contribution in [0, 0.1) is 6.92 Å². The first kappa shape index (κ1) is 15.2. The number of Topliss-reactive ketones (excluding diaryl/α,β-unsaturated/α-hetero) is 1. The van der Waals surface area contributed by atoms with Crippen LogP contribution >= 0.6 is 0 Å². The summed E-state index contributed by atoms with van der Waals surface area (Å²) in [6, 6.07) is 11.8. The maximum Gasteiger partial charge on any atom is 0.305 e. The lowest BCUT2D eigenvalue weighted by Gasteiger charge is -2.08. The largest absolute Gasteiger partial charge is 0.466 e. The van der Waals surface area contributed by atoms with E-state index in [9.17, 15) is 9.59 Å². The minimum atomic E-state index is -0.237. The Balaban J connectivity index is 2.10. The molecule has 3 nitrogen and oxygen atoms in total. The van der Waals surface area contributed by atoms with Crippen LogP contribution < -0.4 is 0 Å². The molecule has 0 unspecified atom stereocenters. The zero-order valence-corrected chi connectivity index (χ0v) is 12.5. The minimum Gasteiger partial charge on any atom is -0.466 e. The summed E-state index contributed by atoms with van der Waals surface area (Å²) in [6.45, 7) is 4.20. The Kier molecular flexibility index (Phi) is 5.09. The second-order valence-electron chi connectivity index (χ2n) is 5.06. The van der Waals surface area contributed by atoms with E-state index in [1.807, 2.05) is 43.3 Å². The maximum absolute atomic E-state index is 12.4. The highest BCUT2D eigenvalue weighted by Gasteiger charge is 2.12. The third-order valence-electron chi connectivity index (χ3n) is 3.53. The number of ether oxygens (including phenoxy) is 1. The highest BCUT2D eigenvalue weighted by atomic mass is 16.5. The summed E-state index contributed by atoms with van der Waals surface area (Å²) in [5.41, 5.74) is 1.90. The standard InChI is InChI=1S/C18H20O3/c1-3-21-18(20)10-6-9-17(19)16-12-11-13(2)14-7-4-5-8-15(14)16/h4-5,7-8,11-12H,3,6,9-10H2,1-2H3. The minimum absolute atomic E-state index is 0.0792. The van der Waals surface area contributed by atoms with Gasteiger partial charge in [-0.2, -0.15) is 0 Å². The predicted octanol–water partition coefficient (Wildman–Crippen LogP) is 4.06. The Bertz CT molecular complexity index is 659. The Labute approximate surface area is 124 Å². The number of carbonyl (C=O) groups excluding carboxylic acids is 2. The van der Waals surface area contributed by atoms with Crippen LogP contribution in [0.1, 0.15) is 42.1 Å². The molecule has 0 amide bonds. The molecule has 0 atom stereocenters. The van der Waals surface area contributed by atoms with Crippen molar-refractivity contribution in [3.63, 3.8) is 0 Å². The van der Waals surface area contributed by atoms with Gasteiger partial charge in [-0.15, -0.1) is 0 Å². The second kappa shape index (κ2) is 7.02. The van der Waals surface area contributed by atoms with Gasteiger partial charge in [-0.05, 0) is 36.6 Å². The number of esters is 1. The molecule has 0 aromatic heterocycles. The van der Waals surface area contributed by atoms with Crippen molar-refractivity contribution in [3.8, 4) is 0 Å². The monoisotopic (exact) mass is 284 g/mol. The molecule has 0 N–H and O–H groups in total. The number of aryl methyl sites for hydroxylation is 1. The molecule has 0 saturated heterocycles. The van der Waals surface area contributed by atoms with E-state index in [0.717, 1.165) is 21.9 Å². The number of hydrogen-bond donors (Lipinski definition) is 0. The molecule has 0 radical (unpaired) electrons. The van der Waals surface area contributed by atoms with Gasteiger partial charge in [0.1, 0.15) is 0 Å². The summed E-state index contributed by atoms with van der Waals surface area (Å²) < 4.78 is 4.87. The van der Waals surface area contributed by atoms with Crippen molar-refractivity contribution in [1.29, 1.82) is 0 Å². The first-order valence-electron chi connectivity index (χ1n) is 7.30. The quantitative estimate of drug-likeness (QED) is 0.593. The first-order chi connectivity index (χ1) is 10.1. The fourth-order valence-electron chi connectivity index (χ4n) is 2.45. The summed E-state index contributed by atoms with van der Waals surface area (Å²) in [5.74, 6) is -0.158. The van der Waals surface area contributed by atoms with Crippen LogP contribution in [-0.2, 0) is 9.53 Å². The summed E-state index contributed by atoms with van der Waals surface area (Å²) in [4.78, 5) is 23.6. The zero-order valence-electron chi connectivity index (χ0n) is 12.5. The molecule has 0 aliphatic rings. The number of benzene rings is 2. The van der Waals surface area contributed by atoms with Gasteiger partial charge in [0.05, 0.1) is 6.61 Å². The van der Waals surface area contributed by atoms with E-state index in [4.69, 9.17) is 4.74 Å². The van der Waals surface area contributed by atoms with Gasteiger partial charge in [0, 0.05) is 18.4 Å². The van der Waals surface area contributed by atoms with Gasteiger partial charge < -0.3 is 4.74 Å². The van der Waals surface area contributed by atoms with Gasteiger partial charge in [0.2, 0.25) is 0 Å². The summed E-state index contributed by atoms with van der Waals surface area (Å²) in [6.07, 6.45) is 1.19. The fourth-order valence-corrected chi connectivity index (χ4v) is 2.45. The molecule has 0 aliphatic heterocycles. The average molecular weight is 284 g/mol. The molecule has 0 spiro atoms. The lowest BCUT2D eigenvalue weighted by Crippen LogP contribution is -2.06. The lowest BCUT2D eigenvalue weighted by molar-refractivity contribution is -0.143. The van der Waals surface area contributed by atoms with Crippen LogP contribution in [0.3, 0.4) is 0 Å². The Hall–Kier alpha value is -2.16. The molecule has 3 heteroatoms. The first-order valence-corrected chi connectivity index (χ1v) is 7.30. The number of ketones is 1. The van der Waals surface area contributed by atoms with Crippen molar-refractivity contribution in [1.82, 2.24) is 0 Å². The van der Waals surface area contributed by atoms with Crippen LogP contribution in [0.5, 0.6) is 0 Å². The van der Waals surface area contributed by atoms with Gasteiger partial charge in [-0.1, -0.05) is 36.4 Å². The van der Waals surface area contributed by atoms with Gasteiger partial charge in [0.25, 0.3) is 0 Å². The molecule has 2 aromatic carbocycles. The summed E-state index contributed by atoms with van der Waals surface area (Å²) in [7, 11) is 0. The molecule has 0 heterocycles. The van der Waals surface area contributed by atoms with E-state index in [1.54, 1.807) is 6.92 Å². The predicted molar refractivity (Wildman–Crippen MR) is 83.5 cm³/mol. The second-order valence-corrected chi connectivity index (χ2v) is 5.06. The third-order valence-corrected chi connectivity index (χ3v) is 3.53. The number of fused-ring (bicyclic) bond motifs is 1. The summed E-state index contributed by atoms with van der Waals surface area (Å²) >= 11 is 0. The van der Waals surface area contributed by atoms with E-state index in [0.29, 0.717) is 25.9 Å². The van der Waals surface area contributed by atoms with Gasteiger partial charge >= 0.3 is 5.97 Å². The molecule has 110 valence electrons. The number of rotatable bonds is 6. The normalized spacial score (nSPS) is 10.6. The smallest absolute Gasteiger partial charge is 0.305 e. The molecular weight excluding hydrogens is 264 g/mol. The van der Waals surface area contributed by atoms with Crippen molar-refractivity contribution >= 4 is 22.5 Å². The van der Waals surface area contributed by atoms with E-state index in [2.05, 4.69) is 0 Å². The lowest BCUT2D eigenvalue weighted by atomic mass is 9.96. The third kappa shape index (κ3) is 3.69. The van der Waals surface area contributed by atoms with Gasteiger partial charge in [0.15, 0.2) is 5.78 Å². The van der Waals surface area contributed by atoms with Crippen LogP contribution in [0.25, 0.3) is 10.8 Å². The van der Waals surface area contributed by atoms with Crippen molar-refractivity contribution < 1.29 is 14.3 Å². The van der Waals surface area contributed by atoms with Crippen LogP contribution in [-0.4, -0.2) is 18.4 Å². The highest BCUT2D eigenvalue weighted by molar-refractivity contribution is 6.08. The maximum atomic E-state index is 12.4. The van der Waals surface area contributed by atoms with Crippen molar-refractivity contribution in [2.45, 2.75) is 33.1 Å². The Morgan fingerprint density at radius 1 is 1.00 bits per heavy atom. The molecule has 0 fully saturated rings. The SMILES string of the molecule is CCOC(=O)CCCC(=O)c1ccc(C)c2ccccc12. The number of carbonyl (C=O) groups is 2. The molecule has 2 aromatic rings. The van der Waals surface area contributed by atoms with E-state index in [1.165, 1.54) is 0 Å². The Morgan fingerprint density at radius 2 is 1.71 bits per heavy atom. The van der Waals surface area contributed by atoms with Gasteiger partial charge in [-0.25, -0.2) is 0 Å². The van der Waals surface area contributed by atoms with Crippen LogP contribution in [0.4, 0.5) is 0 Å². The molecule has 2 rings (SSSR count). The Morgan fingerprint density at radius 3 is 2.43 bits per heavy atom.